The molecule has 2 aliphatic heterocycles. The molecule has 0 aromatic carbocycles. The number of imide groups is 1. The molecule has 20 heavy (non-hydrogen) atoms. The topological polar surface area (TPSA) is 69.7 Å². The Morgan fingerprint density at radius 2 is 1.85 bits per heavy atom. The molecule has 0 bridgehead atoms. The highest BCUT2D eigenvalue weighted by Crippen LogP contribution is 2.15. The van der Waals surface area contributed by atoms with E-state index in [1.807, 2.05) is 4.90 Å². The fourth-order valence-electron chi connectivity index (χ4n) is 2.41. The molecule has 6 nitrogen and oxygen atoms in total. The second-order valence-electron chi connectivity index (χ2n) is 5.42. The number of piperidine rings is 1. The van der Waals surface area contributed by atoms with Gasteiger partial charge in [-0.2, -0.15) is 0 Å². The second kappa shape index (κ2) is 6.54. The molecule has 4 amide bonds. The van der Waals surface area contributed by atoms with Crippen LogP contribution in [0.2, 0.25) is 0 Å². The molecule has 6 heteroatoms. The van der Waals surface area contributed by atoms with Gasteiger partial charge in [0.15, 0.2) is 0 Å². The van der Waals surface area contributed by atoms with E-state index in [9.17, 15) is 14.4 Å². The third kappa shape index (κ3) is 3.59. The van der Waals surface area contributed by atoms with Gasteiger partial charge in [-0.25, -0.2) is 4.79 Å². The Labute approximate surface area is 118 Å². The molecule has 0 radical (unpaired) electrons. The summed E-state index contributed by atoms with van der Waals surface area (Å²) >= 11 is 0. The number of rotatable bonds is 4. The van der Waals surface area contributed by atoms with Crippen LogP contribution >= 0.6 is 0 Å². The van der Waals surface area contributed by atoms with E-state index in [1.165, 1.54) is 17.1 Å². The number of nitrogens with one attached hydrogen (secondary N) is 1. The van der Waals surface area contributed by atoms with Crippen LogP contribution < -0.4 is 5.32 Å². The van der Waals surface area contributed by atoms with Gasteiger partial charge in [0, 0.05) is 38.3 Å². The van der Waals surface area contributed by atoms with Gasteiger partial charge in [0.25, 0.3) is 11.8 Å². The summed E-state index contributed by atoms with van der Waals surface area (Å²) in [6, 6.07) is -0.0471. The average molecular weight is 279 g/mol. The van der Waals surface area contributed by atoms with Crippen LogP contribution in [0.3, 0.4) is 0 Å². The Hall–Kier alpha value is -1.85. The van der Waals surface area contributed by atoms with Crippen molar-refractivity contribution in [1.29, 1.82) is 0 Å². The van der Waals surface area contributed by atoms with Crippen LogP contribution in [-0.4, -0.2) is 53.8 Å². The van der Waals surface area contributed by atoms with Crippen molar-refractivity contribution in [3.63, 3.8) is 0 Å². The van der Waals surface area contributed by atoms with Crippen molar-refractivity contribution in [1.82, 2.24) is 15.1 Å². The van der Waals surface area contributed by atoms with E-state index in [2.05, 4.69) is 12.2 Å². The minimum absolute atomic E-state index is 0.0471. The van der Waals surface area contributed by atoms with Gasteiger partial charge in [0.05, 0.1) is 0 Å². The molecule has 1 N–H and O–H groups in total. The van der Waals surface area contributed by atoms with Crippen molar-refractivity contribution in [2.24, 2.45) is 5.92 Å². The molecule has 0 saturated carbocycles. The van der Waals surface area contributed by atoms with Crippen LogP contribution in [0.5, 0.6) is 0 Å². The molecule has 0 aliphatic carbocycles. The number of urea groups is 1. The normalized spacial score (nSPS) is 19.9. The lowest BCUT2D eigenvalue weighted by Gasteiger charge is -2.30. The minimum atomic E-state index is -0.272. The van der Waals surface area contributed by atoms with E-state index >= 15 is 0 Å². The van der Waals surface area contributed by atoms with E-state index in [1.54, 1.807) is 0 Å². The summed E-state index contributed by atoms with van der Waals surface area (Å²) in [7, 11) is 0. The van der Waals surface area contributed by atoms with Gasteiger partial charge in [-0.05, 0) is 25.2 Å². The Bertz CT molecular complexity index is 407. The molecule has 110 valence electrons. The second-order valence-corrected chi connectivity index (χ2v) is 5.42. The van der Waals surface area contributed by atoms with Gasteiger partial charge in [-0.3, -0.25) is 14.5 Å². The molecule has 2 heterocycles. The van der Waals surface area contributed by atoms with Crippen molar-refractivity contribution in [3.8, 4) is 0 Å². The number of likely N-dealkylation sites (tertiary alicyclic amines) is 1. The fourth-order valence-corrected chi connectivity index (χ4v) is 2.41. The molecular formula is C14H21N3O3. The highest BCUT2D eigenvalue weighted by atomic mass is 16.2. The maximum absolute atomic E-state index is 11.9. The molecule has 0 unspecified atom stereocenters. The zero-order chi connectivity index (χ0) is 14.5. The highest BCUT2D eigenvalue weighted by molar-refractivity contribution is 6.12. The van der Waals surface area contributed by atoms with Crippen LogP contribution in [-0.2, 0) is 9.59 Å². The first-order chi connectivity index (χ1) is 9.58. The van der Waals surface area contributed by atoms with E-state index in [4.69, 9.17) is 0 Å². The summed E-state index contributed by atoms with van der Waals surface area (Å²) in [6.45, 7) is 4.64. The Balaban J connectivity index is 1.62. The van der Waals surface area contributed by atoms with Crippen molar-refractivity contribution in [2.75, 3.05) is 26.2 Å². The van der Waals surface area contributed by atoms with Crippen LogP contribution in [0.4, 0.5) is 4.79 Å². The van der Waals surface area contributed by atoms with E-state index in [-0.39, 0.29) is 17.8 Å². The lowest BCUT2D eigenvalue weighted by molar-refractivity contribution is -0.136. The van der Waals surface area contributed by atoms with Gasteiger partial charge in [0.2, 0.25) is 0 Å². The Kier molecular flexibility index (Phi) is 4.76. The lowest BCUT2D eigenvalue weighted by Crippen LogP contribution is -2.44. The van der Waals surface area contributed by atoms with Crippen LogP contribution in [0.1, 0.15) is 26.2 Å². The summed E-state index contributed by atoms with van der Waals surface area (Å²) in [4.78, 5) is 37.5. The van der Waals surface area contributed by atoms with Crippen LogP contribution in [0.15, 0.2) is 12.2 Å². The standard InChI is InChI=1S/C14H21N3O3/c1-11-5-9-16(10-6-11)14(20)15-7-2-8-17-12(18)3-4-13(17)19/h3-4,11H,2,5-10H2,1H3,(H,15,20). The van der Waals surface area contributed by atoms with Gasteiger partial charge in [0.1, 0.15) is 0 Å². The summed E-state index contributed by atoms with van der Waals surface area (Å²) in [5, 5.41) is 2.84. The van der Waals surface area contributed by atoms with Gasteiger partial charge >= 0.3 is 6.03 Å². The maximum Gasteiger partial charge on any atom is 0.317 e. The third-order valence-corrected chi connectivity index (χ3v) is 3.81. The lowest BCUT2D eigenvalue weighted by atomic mass is 10.00. The third-order valence-electron chi connectivity index (χ3n) is 3.81. The smallest absolute Gasteiger partial charge is 0.317 e. The molecule has 1 saturated heterocycles. The largest absolute Gasteiger partial charge is 0.338 e. The van der Waals surface area contributed by atoms with Gasteiger partial charge in [-0.15, -0.1) is 0 Å². The molecule has 0 spiro atoms. The fraction of sp³-hybridized carbons (Fsp3) is 0.643. The average Bonchev–Trinajstić information content (AvgIpc) is 2.75. The summed E-state index contributed by atoms with van der Waals surface area (Å²) < 4.78 is 0. The number of carbonyl (C=O) groups is 3. The molecule has 2 aliphatic rings. The quantitative estimate of drug-likeness (QED) is 0.609. The number of hydrogen-bond acceptors (Lipinski definition) is 3. The van der Waals surface area contributed by atoms with E-state index in [0.29, 0.717) is 25.4 Å². The van der Waals surface area contributed by atoms with Crippen molar-refractivity contribution in [2.45, 2.75) is 26.2 Å². The molecule has 0 aromatic rings. The first-order valence-electron chi connectivity index (χ1n) is 7.14. The summed E-state index contributed by atoms with van der Waals surface area (Å²) in [6.07, 6.45) is 5.23. The SMILES string of the molecule is CC1CCN(C(=O)NCCCN2C(=O)C=CC2=O)CC1. The number of carbonyl (C=O) groups excluding carboxylic acids is 3. The molecule has 1 fully saturated rings. The molecule has 2 rings (SSSR count). The summed E-state index contributed by atoms with van der Waals surface area (Å²) in [5.74, 6) is 0.149. The van der Waals surface area contributed by atoms with Crippen LogP contribution in [0, 0.1) is 5.92 Å². The van der Waals surface area contributed by atoms with E-state index in [0.717, 1.165) is 25.9 Å². The minimum Gasteiger partial charge on any atom is -0.338 e. The zero-order valence-electron chi connectivity index (χ0n) is 11.8. The van der Waals surface area contributed by atoms with Crippen LogP contribution in [0.25, 0.3) is 0 Å². The van der Waals surface area contributed by atoms with E-state index < -0.39 is 0 Å². The molecular weight excluding hydrogens is 258 g/mol. The summed E-state index contributed by atoms with van der Waals surface area (Å²) in [5.41, 5.74) is 0. The monoisotopic (exact) mass is 279 g/mol. The van der Waals surface area contributed by atoms with Crippen molar-refractivity contribution in [3.05, 3.63) is 12.2 Å². The maximum atomic E-state index is 11.9. The first kappa shape index (κ1) is 14.6. The number of hydrogen-bond donors (Lipinski definition) is 1. The molecule has 0 atom stereocenters. The first-order valence-corrected chi connectivity index (χ1v) is 7.14. The predicted molar refractivity (Wildman–Crippen MR) is 73.8 cm³/mol. The van der Waals surface area contributed by atoms with Crippen molar-refractivity contribution < 1.29 is 14.4 Å². The Morgan fingerprint density at radius 3 is 2.45 bits per heavy atom. The zero-order valence-corrected chi connectivity index (χ0v) is 11.8. The van der Waals surface area contributed by atoms with Crippen molar-refractivity contribution >= 4 is 17.8 Å². The van der Waals surface area contributed by atoms with Gasteiger partial charge < -0.3 is 10.2 Å². The number of amides is 4. The van der Waals surface area contributed by atoms with Gasteiger partial charge in [-0.1, -0.05) is 6.92 Å². The Morgan fingerprint density at radius 1 is 1.25 bits per heavy atom. The molecule has 0 aromatic heterocycles. The highest BCUT2D eigenvalue weighted by Gasteiger charge is 2.23. The number of nitrogens with zero attached hydrogens (tertiary/aromatic N) is 2. The predicted octanol–water partition coefficient (Wildman–Crippen LogP) is 0.743.